The lowest BCUT2D eigenvalue weighted by molar-refractivity contribution is -0.121. The van der Waals surface area contributed by atoms with Crippen molar-refractivity contribution in [1.29, 1.82) is 0 Å². The Hall–Kier alpha value is -1.80. The molecule has 8 heteroatoms. The van der Waals surface area contributed by atoms with E-state index >= 15 is 0 Å². The molecule has 1 amide bonds. The summed E-state index contributed by atoms with van der Waals surface area (Å²) in [5.41, 5.74) is 0.929. The zero-order chi connectivity index (χ0) is 19.0. The number of ether oxygens (including phenoxy) is 2. The third-order valence-electron chi connectivity index (χ3n) is 3.60. The van der Waals surface area contributed by atoms with E-state index in [1.54, 1.807) is 20.3 Å². The highest BCUT2D eigenvalue weighted by atomic mass is 32.2. The molecule has 0 aliphatic heterocycles. The molecule has 25 heavy (non-hydrogen) atoms. The summed E-state index contributed by atoms with van der Waals surface area (Å²) in [4.78, 5) is 11.8. The quantitative estimate of drug-likeness (QED) is 0.671. The van der Waals surface area contributed by atoms with Crippen LogP contribution in [0.5, 0.6) is 11.5 Å². The van der Waals surface area contributed by atoms with Crippen molar-refractivity contribution in [1.82, 2.24) is 9.62 Å². The zero-order valence-electron chi connectivity index (χ0n) is 15.5. The van der Waals surface area contributed by atoms with E-state index in [0.29, 0.717) is 24.5 Å². The Morgan fingerprint density at radius 1 is 1.16 bits per heavy atom. The van der Waals surface area contributed by atoms with Crippen molar-refractivity contribution in [3.8, 4) is 11.5 Å². The minimum atomic E-state index is -3.39. The van der Waals surface area contributed by atoms with Crippen LogP contribution in [-0.4, -0.2) is 58.2 Å². The summed E-state index contributed by atoms with van der Waals surface area (Å²) in [6.07, 6.45) is 1.80. The molecule has 0 aromatic heterocycles. The van der Waals surface area contributed by atoms with E-state index in [4.69, 9.17) is 9.47 Å². The molecule has 0 heterocycles. The monoisotopic (exact) mass is 372 g/mol. The van der Waals surface area contributed by atoms with Gasteiger partial charge in [-0.15, -0.1) is 0 Å². The molecule has 0 fully saturated rings. The molecule has 1 aromatic carbocycles. The molecule has 0 atom stereocenters. The second-order valence-corrected chi connectivity index (χ2v) is 8.06. The smallest absolute Gasteiger partial charge is 0.221 e. The fourth-order valence-corrected chi connectivity index (χ4v) is 3.20. The maximum atomic E-state index is 12.0. The Kier molecular flexibility index (Phi) is 8.18. The van der Waals surface area contributed by atoms with Crippen LogP contribution < -0.4 is 14.8 Å². The van der Waals surface area contributed by atoms with Gasteiger partial charge in [0.1, 0.15) is 0 Å². The average molecular weight is 372 g/mol. The third kappa shape index (κ3) is 7.31. The van der Waals surface area contributed by atoms with Gasteiger partial charge in [0.25, 0.3) is 0 Å². The molecular formula is C17H28N2O5S. The van der Waals surface area contributed by atoms with Gasteiger partial charge in [0.05, 0.1) is 20.5 Å². The fraction of sp³-hybridized carbons (Fsp3) is 0.588. The van der Waals surface area contributed by atoms with Crippen LogP contribution in [0, 0.1) is 0 Å². The fourth-order valence-electron chi connectivity index (χ4n) is 2.35. The maximum absolute atomic E-state index is 12.0. The van der Waals surface area contributed by atoms with E-state index in [9.17, 15) is 13.2 Å². The minimum absolute atomic E-state index is 0.0333. The summed E-state index contributed by atoms with van der Waals surface area (Å²) < 4.78 is 35.7. The van der Waals surface area contributed by atoms with Gasteiger partial charge in [0, 0.05) is 25.6 Å². The van der Waals surface area contributed by atoms with E-state index in [2.05, 4.69) is 5.32 Å². The van der Waals surface area contributed by atoms with Crippen molar-refractivity contribution in [3.63, 3.8) is 0 Å². The number of methoxy groups -OCH3 is 2. The zero-order valence-corrected chi connectivity index (χ0v) is 16.4. The van der Waals surface area contributed by atoms with Gasteiger partial charge < -0.3 is 14.8 Å². The highest BCUT2D eigenvalue weighted by molar-refractivity contribution is 7.88. The predicted molar refractivity (Wildman–Crippen MR) is 97.6 cm³/mol. The molecule has 0 bridgehead atoms. The van der Waals surface area contributed by atoms with Crippen molar-refractivity contribution < 1.29 is 22.7 Å². The Bertz CT molecular complexity index is 674. The first-order valence-electron chi connectivity index (χ1n) is 8.12. The first kappa shape index (κ1) is 21.2. The van der Waals surface area contributed by atoms with E-state index < -0.39 is 10.0 Å². The molecular weight excluding hydrogens is 344 g/mol. The van der Waals surface area contributed by atoms with Crippen molar-refractivity contribution in [2.24, 2.45) is 0 Å². The van der Waals surface area contributed by atoms with Crippen molar-refractivity contribution in [3.05, 3.63) is 23.8 Å². The summed E-state index contributed by atoms with van der Waals surface area (Å²) in [5, 5.41) is 2.76. The molecule has 1 aromatic rings. The highest BCUT2D eigenvalue weighted by Crippen LogP contribution is 2.27. The van der Waals surface area contributed by atoms with Gasteiger partial charge in [-0.25, -0.2) is 12.7 Å². The summed E-state index contributed by atoms with van der Waals surface area (Å²) >= 11 is 0. The molecule has 0 aliphatic rings. The van der Waals surface area contributed by atoms with Crippen LogP contribution in [0.2, 0.25) is 0 Å². The second-order valence-electron chi connectivity index (χ2n) is 6.07. The van der Waals surface area contributed by atoms with Gasteiger partial charge in [0.15, 0.2) is 11.5 Å². The lowest BCUT2D eigenvalue weighted by Crippen LogP contribution is -2.37. The Labute approximate surface area is 150 Å². The van der Waals surface area contributed by atoms with E-state index in [1.165, 1.54) is 4.31 Å². The molecule has 0 spiro atoms. The number of carbonyl (C=O) groups excluding carboxylic acids is 1. The lowest BCUT2D eigenvalue weighted by atomic mass is 10.1. The summed E-state index contributed by atoms with van der Waals surface area (Å²) in [6.45, 7) is 4.18. The van der Waals surface area contributed by atoms with Crippen LogP contribution >= 0.6 is 0 Å². The highest BCUT2D eigenvalue weighted by Gasteiger charge is 2.18. The topological polar surface area (TPSA) is 84.9 Å². The number of rotatable bonds is 10. The normalized spacial score (nSPS) is 11.6. The average Bonchev–Trinajstić information content (AvgIpc) is 2.52. The van der Waals surface area contributed by atoms with Crippen LogP contribution in [0.25, 0.3) is 0 Å². The van der Waals surface area contributed by atoms with Crippen molar-refractivity contribution in [2.45, 2.75) is 32.7 Å². The molecule has 0 aliphatic carbocycles. The molecule has 0 saturated heterocycles. The maximum Gasteiger partial charge on any atom is 0.221 e. The standard InChI is InChI=1S/C17H28N2O5S/c1-13(2)18-17(20)9-11-19(25(5,21)22)10-8-14-6-7-15(23-3)16(12-14)24-4/h6-7,12-13H,8-11H2,1-5H3,(H,18,20). The van der Waals surface area contributed by atoms with Crippen molar-refractivity contribution in [2.75, 3.05) is 33.6 Å². The van der Waals surface area contributed by atoms with Gasteiger partial charge in [-0.3, -0.25) is 4.79 Å². The number of amides is 1. The van der Waals surface area contributed by atoms with Gasteiger partial charge in [-0.05, 0) is 38.0 Å². The van der Waals surface area contributed by atoms with Gasteiger partial charge >= 0.3 is 0 Å². The number of nitrogens with zero attached hydrogens (tertiary/aromatic N) is 1. The molecule has 7 nitrogen and oxygen atoms in total. The SMILES string of the molecule is COc1ccc(CCN(CCC(=O)NC(C)C)S(C)(=O)=O)cc1OC. The van der Waals surface area contributed by atoms with E-state index in [1.807, 2.05) is 26.0 Å². The van der Waals surface area contributed by atoms with Crippen LogP contribution in [-0.2, 0) is 21.2 Å². The number of sulfonamides is 1. The Balaban J connectivity index is 2.72. The number of hydrogen-bond donors (Lipinski definition) is 1. The van der Waals surface area contributed by atoms with Crippen LogP contribution in [0.15, 0.2) is 18.2 Å². The molecule has 0 unspecified atom stereocenters. The Morgan fingerprint density at radius 3 is 2.32 bits per heavy atom. The van der Waals surface area contributed by atoms with Gasteiger partial charge in [-0.1, -0.05) is 6.07 Å². The summed E-state index contributed by atoms with van der Waals surface area (Å²) in [5.74, 6) is 1.06. The minimum Gasteiger partial charge on any atom is -0.493 e. The number of benzene rings is 1. The van der Waals surface area contributed by atoms with Crippen LogP contribution in [0.4, 0.5) is 0 Å². The van der Waals surface area contributed by atoms with Crippen LogP contribution in [0.3, 0.4) is 0 Å². The predicted octanol–water partition coefficient (Wildman–Crippen LogP) is 1.42. The molecule has 142 valence electrons. The largest absolute Gasteiger partial charge is 0.493 e. The van der Waals surface area contributed by atoms with Crippen molar-refractivity contribution >= 4 is 15.9 Å². The molecule has 1 rings (SSSR count). The lowest BCUT2D eigenvalue weighted by Gasteiger charge is -2.20. The molecule has 0 radical (unpaired) electrons. The number of hydrogen-bond acceptors (Lipinski definition) is 5. The first-order valence-corrected chi connectivity index (χ1v) is 9.97. The van der Waals surface area contributed by atoms with Gasteiger partial charge in [0.2, 0.25) is 15.9 Å². The molecule has 0 saturated carbocycles. The van der Waals surface area contributed by atoms with Gasteiger partial charge in [-0.2, -0.15) is 0 Å². The Morgan fingerprint density at radius 2 is 1.80 bits per heavy atom. The van der Waals surface area contributed by atoms with E-state index in [0.717, 1.165) is 11.8 Å². The summed E-state index contributed by atoms with van der Waals surface area (Å²) in [6, 6.07) is 5.51. The molecule has 1 N–H and O–H groups in total. The second kappa shape index (κ2) is 9.62. The van der Waals surface area contributed by atoms with Crippen LogP contribution in [0.1, 0.15) is 25.8 Å². The first-order chi connectivity index (χ1) is 11.7. The number of nitrogens with one attached hydrogen (secondary N) is 1. The summed E-state index contributed by atoms with van der Waals surface area (Å²) in [7, 11) is -0.276. The number of carbonyl (C=O) groups is 1. The third-order valence-corrected chi connectivity index (χ3v) is 4.91. The van der Waals surface area contributed by atoms with E-state index in [-0.39, 0.29) is 24.9 Å².